The van der Waals surface area contributed by atoms with E-state index >= 15 is 0 Å². The Labute approximate surface area is 128 Å². The molecule has 2 unspecified atom stereocenters. The van der Waals surface area contributed by atoms with E-state index in [2.05, 4.69) is 15.3 Å². The molecule has 3 N–H and O–H groups in total. The maximum Gasteiger partial charge on any atom is 0.289 e. The van der Waals surface area contributed by atoms with Gasteiger partial charge in [-0.05, 0) is 24.5 Å². The lowest BCUT2D eigenvalue weighted by Gasteiger charge is -2.30. The van der Waals surface area contributed by atoms with Crippen LogP contribution in [0.2, 0.25) is 0 Å². The Morgan fingerprint density at radius 2 is 2.09 bits per heavy atom. The van der Waals surface area contributed by atoms with Gasteiger partial charge in [-0.3, -0.25) is 4.79 Å². The van der Waals surface area contributed by atoms with Gasteiger partial charge in [0.2, 0.25) is 5.82 Å². The fourth-order valence-corrected chi connectivity index (χ4v) is 2.56. The van der Waals surface area contributed by atoms with E-state index in [9.17, 15) is 4.79 Å². The number of ether oxygens (including phenoxy) is 1. The summed E-state index contributed by atoms with van der Waals surface area (Å²) in [5.41, 5.74) is 6.70. The Kier molecular flexibility index (Phi) is 4.29. The Balaban J connectivity index is 1.64. The number of rotatable bonds is 3. The van der Waals surface area contributed by atoms with Crippen molar-refractivity contribution in [1.82, 2.24) is 15.3 Å². The third-order valence-corrected chi connectivity index (χ3v) is 3.67. The zero-order chi connectivity index (χ0) is 15.4. The number of aromatic nitrogens is 2. The average molecular weight is 298 g/mol. The van der Waals surface area contributed by atoms with Gasteiger partial charge in [-0.25, -0.2) is 9.97 Å². The molecule has 3 rings (SSSR count). The van der Waals surface area contributed by atoms with Crippen LogP contribution >= 0.6 is 0 Å². The number of benzene rings is 1. The van der Waals surface area contributed by atoms with Crippen LogP contribution in [0, 0.1) is 0 Å². The van der Waals surface area contributed by atoms with Crippen molar-refractivity contribution < 1.29 is 9.53 Å². The number of hydrogen-bond donors (Lipinski definition) is 2. The molecular formula is C16H18N4O2. The van der Waals surface area contributed by atoms with Gasteiger partial charge < -0.3 is 15.8 Å². The number of nitrogens with two attached hydrogens (primary N) is 1. The molecule has 1 saturated heterocycles. The van der Waals surface area contributed by atoms with Crippen LogP contribution in [0.3, 0.4) is 0 Å². The van der Waals surface area contributed by atoms with Gasteiger partial charge in [-0.15, -0.1) is 0 Å². The van der Waals surface area contributed by atoms with E-state index in [1.54, 1.807) is 6.07 Å². The van der Waals surface area contributed by atoms with Crippen molar-refractivity contribution in [2.75, 3.05) is 12.3 Å². The van der Waals surface area contributed by atoms with Gasteiger partial charge in [-0.1, -0.05) is 30.3 Å². The highest BCUT2D eigenvalue weighted by Crippen LogP contribution is 2.27. The minimum atomic E-state index is -0.300. The van der Waals surface area contributed by atoms with Crippen LogP contribution in [0.5, 0.6) is 0 Å². The highest BCUT2D eigenvalue weighted by atomic mass is 16.5. The predicted octanol–water partition coefficient (Wildman–Crippen LogP) is 1.71. The third kappa shape index (κ3) is 3.40. The van der Waals surface area contributed by atoms with Gasteiger partial charge in [0.05, 0.1) is 6.10 Å². The Morgan fingerprint density at radius 1 is 1.27 bits per heavy atom. The molecule has 0 bridgehead atoms. The lowest BCUT2D eigenvalue weighted by Crippen LogP contribution is -2.40. The van der Waals surface area contributed by atoms with E-state index in [1.165, 1.54) is 6.20 Å². The Hall–Kier alpha value is -2.47. The molecule has 6 heteroatoms. The summed E-state index contributed by atoms with van der Waals surface area (Å²) in [6.45, 7) is 0.613. The van der Waals surface area contributed by atoms with Crippen LogP contribution in [0.25, 0.3) is 0 Å². The van der Waals surface area contributed by atoms with E-state index in [-0.39, 0.29) is 29.7 Å². The first-order chi connectivity index (χ1) is 10.7. The van der Waals surface area contributed by atoms with Gasteiger partial charge in [0.15, 0.2) is 0 Å². The first-order valence-corrected chi connectivity index (χ1v) is 7.28. The third-order valence-electron chi connectivity index (χ3n) is 3.67. The molecule has 1 aromatic heterocycles. The van der Waals surface area contributed by atoms with Crippen molar-refractivity contribution in [3.8, 4) is 0 Å². The van der Waals surface area contributed by atoms with Gasteiger partial charge in [-0.2, -0.15) is 0 Å². The lowest BCUT2D eigenvalue weighted by molar-refractivity contribution is 0.000827. The minimum absolute atomic E-state index is 0.00186. The summed E-state index contributed by atoms with van der Waals surface area (Å²) in [6.07, 6.45) is 2.99. The fraction of sp³-hybridized carbons (Fsp3) is 0.312. The number of nitrogen functional groups attached to an aromatic ring is 1. The van der Waals surface area contributed by atoms with E-state index < -0.39 is 0 Å². The summed E-state index contributed by atoms with van der Waals surface area (Å²) in [4.78, 5) is 20.1. The molecule has 0 spiro atoms. The topological polar surface area (TPSA) is 90.1 Å². The molecule has 2 aromatic rings. The quantitative estimate of drug-likeness (QED) is 0.900. The normalized spacial score (nSPS) is 21.3. The van der Waals surface area contributed by atoms with Crippen molar-refractivity contribution in [2.45, 2.75) is 25.0 Å². The highest BCUT2D eigenvalue weighted by molar-refractivity contribution is 5.90. The van der Waals surface area contributed by atoms with Gasteiger partial charge >= 0.3 is 0 Å². The van der Waals surface area contributed by atoms with Crippen LogP contribution in [0.15, 0.2) is 42.6 Å². The SMILES string of the molecule is Nc1ccnc(C(=O)NC2CCOC(c3ccccc3)C2)n1. The number of nitrogens with zero attached hydrogens (tertiary/aromatic N) is 2. The number of hydrogen-bond acceptors (Lipinski definition) is 5. The summed E-state index contributed by atoms with van der Waals surface area (Å²) < 4.78 is 5.80. The predicted molar refractivity (Wildman–Crippen MR) is 82.1 cm³/mol. The van der Waals surface area contributed by atoms with Crippen LogP contribution in [0.4, 0.5) is 5.82 Å². The Morgan fingerprint density at radius 3 is 2.86 bits per heavy atom. The zero-order valence-electron chi connectivity index (χ0n) is 12.1. The highest BCUT2D eigenvalue weighted by Gasteiger charge is 2.25. The summed E-state index contributed by atoms with van der Waals surface area (Å²) in [7, 11) is 0. The van der Waals surface area contributed by atoms with Crippen LogP contribution in [0.1, 0.15) is 35.1 Å². The van der Waals surface area contributed by atoms with Crippen LogP contribution < -0.4 is 11.1 Å². The number of carbonyl (C=O) groups excluding carboxylic acids is 1. The number of nitrogens with one attached hydrogen (secondary N) is 1. The largest absolute Gasteiger partial charge is 0.384 e. The van der Waals surface area contributed by atoms with E-state index in [0.717, 1.165) is 18.4 Å². The average Bonchev–Trinajstić information content (AvgIpc) is 2.56. The monoisotopic (exact) mass is 298 g/mol. The molecule has 1 aliphatic rings. The molecule has 0 radical (unpaired) electrons. The van der Waals surface area contributed by atoms with Crippen molar-refractivity contribution in [1.29, 1.82) is 0 Å². The molecule has 22 heavy (non-hydrogen) atoms. The summed E-state index contributed by atoms with van der Waals surface area (Å²) >= 11 is 0. The number of anilines is 1. The van der Waals surface area contributed by atoms with Crippen molar-refractivity contribution >= 4 is 11.7 Å². The second-order valence-electron chi connectivity index (χ2n) is 5.27. The molecule has 2 heterocycles. The molecule has 1 aliphatic heterocycles. The van der Waals surface area contributed by atoms with Crippen LogP contribution in [-0.4, -0.2) is 28.5 Å². The molecule has 1 aromatic carbocycles. The lowest BCUT2D eigenvalue weighted by atomic mass is 9.97. The molecule has 0 saturated carbocycles. The van der Waals surface area contributed by atoms with Gasteiger partial charge in [0.25, 0.3) is 5.91 Å². The van der Waals surface area contributed by atoms with Crippen molar-refractivity contribution in [3.05, 3.63) is 54.0 Å². The van der Waals surface area contributed by atoms with E-state index in [4.69, 9.17) is 10.5 Å². The summed E-state index contributed by atoms with van der Waals surface area (Å²) in [6, 6.07) is 11.6. The first kappa shape index (κ1) is 14.5. The molecule has 1 fully saturated rings. The van der Waals surface area contributed by atoms with Crippen molar-refractivity contribution in [3.63, 3.8) is 0 Å². The fourth-order valence-electron chi connectivity index (χ4n) is 2.56. The summed E-state index contributed by atoms with van der Waals surface area (Å²) in [5, 5.41) is 2.96. The molecule has 0 aliphatic carbocycles. The van der Waals surface area contributed by atoms with Crippen LogP contribution in [-0.2, 0) is 4.74 Å². The molecule has 1 amide bonds. The van der Waals surface area contributed by atoms with Gasteiger partial charge in [0.1, 0.15) is 5.82 Å². The second-order valence-corrected chi connectivity index (χ2v) is 5.27. The van der Waals surface area contributed by atoms with E-state index in [0.29, 0.717) is 6.61 Å². The molecule has 2 atom stereocenters. The minimum Gasteiger partial charge on any atom is -0.384 e. The van der Waals surface area contributed by atoms with Gasteiger partial charge in [0, 0.05) is 18.8 Å². The van der Waals surface area contributed by atoms with Crippen molar-refractivity contribution in [2.24, 2.45) is 0 Å². The number of amides is 1. The maximum atomic E-state index is 12.2. The summed E-state index contributed by atoms with van der Waals surface area (Å²) in [5.74, 6) is 0.0862. The van der Waals surface area contributed by atoms with E-state index in [1.807, 2.05) is 30.3 Å². The smallest absolute Gasteiger partial charge is 0.289 e. The molecule has 114 valence electrons. The molecular weight excluding hydrogens is 280 g/mol. The zero-order valence-corrected chi connectivity index (χ0v) is 12.1. The number of carbonyl (C=O) groups is 1. The maximum absolute atomic E-state index is 12.2. The first-order valence-electron chi connectivity index (χ1n) is 7.28. The Bertz CT molecular complexity index is 648. The molecule has 6 nitrogen and oxygen atoms in total. The standard InChI is InChI=1S/C16H18N4O2/c17-14-6-8-18-15(20-14)16(21)19-12-7-9-22-13(10-12)11-4-2-1-3-5-11/h1-6,8,12-13H,7,9-10H2,(H,19,21)(H2,17,18,20). The second kappa shape index (κ2) is 6.53.